The molecule has 8 heteroatoms. The number of ether oxygens (including phenoxy) is 3. The summed E-state index contributed by atoms with van der Waals surface area (Å²) in [6.45, 7) is 2.81. The van der Waals surface area contributed by atoms with Crippen LogP contribution < -0.4 is 9.64 Å². The Bertz CT molecular complexity index is 1270. The highest BCUT2D eigenvalue weighted by Crippen LogP contribution is 2.32. The number of aliphatic hydroxyl groups is 1. The summed E-state index contributed by atoms with van der Waals surface area (Å²) in [6.07, 6.45) is 5.32. The lowest BCUT2D eigenvalue weighted by atomic mass is 9.96. The van der Waals surface area contributed by atoms with Crippen molar-refractivity contribution in [2.24, 2.45) is 0 Å². The average molecular weight is 534 g/mol. The highest BCUT2D eigenvalue weighted by molar-refractivity contribution is 6.31. The smallest absolute Gasteiger partial charge is 0.232 e. The second-order valence-corrected chi connectivity index (χ2v) is 10.1. The molecule has 3 unspecified atom stereocenters. The normalized spacial score (nSPS) is 20.2. The first-order valence-electron chi connectivity index (χ1n) is 13.2. The lowest BCUT2D eigenvalue weighted by Crippen LogP contribution is -2.26. The minimum Gasteiger partial charge on any atom is -0.471 e. The molecule has 2 aliphatic rings. The van der Waals surface area contributed by atoms with Crippen LogP contribution in [0, 0.1) is 11.3 Å². The Balaban J connectivity index is 1.34. The summed E-state index contributed by atoms with van der Waals surface area (Å²) in [5.41, 5.74) is 4.18. The Morgan fingerprint density at radius 3 is 2.84 bits per heavy atom. The number of pyridine rings is 1. The molecule has 0 radical (unpaired) electrons. The Hall–Kier alpha value is -3.15. The molecule has 1 N–H and O–H groups in total. The van der Waals surface area contributed by atoms with E-state index in [4.69, 9.17) is 25.8 Å². The van der Waals surface area contributed by atoms with Crippen molar-refractivity contribution in [3.05, 3.63) is 88.1 Å². The van der Waals surface area contributed by atoms with Gasteiger partial charge in [-0.25, -0.2) is 4.98 Å². The van der Waals surface area contributed by atoms with Crippen LogP contribution in [0.3, 0.4) is 0 Å². The van der Waals surface area contributed by atoms with E-state index < -0.39 is 6.10 Å². The third-order valence-corrected chi connectivity index (χ3v) is 7.34. The lowest BCUT2D eigenvalue weighted by Gasteiger charge is -2.25. The zero-order valence-corrected chi connectivity index (χ0v) is 22.0. The van der Waals surface area contributed by atoms with Gasteiger partial charge in [0.25, 0.3) is 0 Å². The van der Waals surface area contributed by atoms with Gasteiger partial charge >= 0.3 is 0 Å². The molecule has 0 aliphatic carbocycles. The molecule has 0 saturated carbocycles. The minimum atomic E-state index is -0.834. The van der Waals surface area contributed by atoms with Gasteiger partial charge in [0.15, 0.2) is 6.29 Å². The Kier molecular flexibility index (Phi) is 8.77. The van der Waals surface area contributed by atoms with Gasteiger partial charge in [-0.3, -0.25) is 0 Å². The van der Waals surface area contributed by atoms with Gasteiger partial charge in [0.1, 0.15) is 17.2 Å². The summed E-state index contributed by atoms with van der Waals surface area (Å²) in [5, 5.41) is 20.9. The molecule has 2 fully saturated rings. The van der Waals surface area contributed by atoms with E-state index in [1.807, 2.05) is 18.2 Å². The number of nitriles is 1. The standard InChI is InChI=1S/C30H32ClN3O4/c31-26-7-4-13-33-30(26)38-25-11-14-34(20-25)27-10-9-24(29(35)23-6-3-5-21(17-23)19-32)18-22(27)12-16-37-28-8-1-2-15-36-28/h3-7,9-10,13,17-18,25,28-29,35H,1-2,8,11-12,14-16,20H2. The quantitative estimate of drug-likeness (QED) is 0.392. The monoisotopic (exact) mass is 533 g/mol. The molecular weight excluding hydrogens is 502 g/mol. The first-order valence-corrected chi connectivity index (χ1v) is 13.5. The second-order valence-electron chi connectivity index (χ2n) is 9.71. The Labute approximate surface area is 228 Å². The highest BCUT2D eigenvalue weighted by atomic mass is 35.5. The highest BCUT2D eigenvalue weighted by Gasteiger charge is 2.27. The summed E-state index contributed by atoms with van der Waals surface area (Å²) in [4.78, 5) is 6.57. The van der Waals surface area contributed by atoms with E-state index in [0.717, 1.165) is 55.6 Å². The van der Waals surface area contributed by atoms with E-state index in [0.29, 0.717) is 41.6 Å². The zero-order valence-electron chi connectivity index (χ0n) is 21.3. The SMILES string of the molecule is N#Cc1cccc(C(O)c2ccc(N3CCC(Oc4ncccc4Cl)C3)c(CCOC3CCCCO3)c2)c1. The fourth-order valence-corrected chi connectivity index (χ4v) is 5.22. The number of nitrogens with zero attached hydrogens (tertiary/aromatic N) is 3. The van der Waals surface area contributed by atoms with Gasteiger partial charge in [-0.2, -0.15) is 5.26 Å². The molecule has 0 bridgehead atoms. The van der Waals surface area contributed by atoms with Crippen LogP contribution in [0.1, 0.15) is 54.0 Å². The molecule has 2 aliphatic heterocycles. The van der Waals surface area contributed by atoms with Crippen LogP contribution in [0.5, 0.6) is 5.88 Å². The molecule has 2 saturated heterocycles. The molecule has 198 valence electrons. The largest absolute Gasteiger partial charge is 0.471 e. The predicted octanol–water partition coefficient (Wildman–Crippen LogP) is 5.43. The molecule has 3 heterocycles. The molecule has 3 aromatic rings. The van der Waals surface area contributed by atoms with Gasteiger partial charge in [0.05, 0.1) is 24.8 Å². The van der Waals surface area contributed by atoms with Crippen LogP contribution in [-0.2, 0) is 15.9 Å². The van der Waals surface area contributed by atoms with Crippen LogP contribution in [-0.4, -0.2) is 48.8 Å². The molecular formula is C30H32ClN3O4. The van der Waals surface area contributed by atoms with E-state index in [9.17, 15) is 10.4 Å². The number of halogens is 1. The van der Waals surface area contributed by atoms with Crippen molar-refractivity contribution in [1.29, 1.82) is 5.26 Å². The summed E-state index contributed by atoms with van der Waals surface area (Å²) in [7, 11) is 0. The molecule has 2 aromatic carbocycles. The maximum Gasteiger partial charge on any atom is 0.232 e. The summed E-state index contributed by atoms with van der Waals surface area (Å²) in [5.74, 6) is 0.459. The summed E-state index contributed by atoms with van der Waals surface area (Å²) < 4.78 is 17.9. The van der Waals surface area contributed by atoms with Crippen molar-refractivity contribution in [2.45, 2.75) is 50.6 Å². The first-order chi connectivity index (χ1) is 18.6. The minimum absolute atomic E-state index is 0.0267. The fourth-order valence-electron chi connectivity index (χ4n) is 5.06. The van der Waals surface area contributed by atoms with Crippen molar-refractivity contribution in [3.63, 3.8) is 0 Å². The number of hydrogen-bond donors (Lipinski definition) is 1. The van der Waals surface area contributed by atoms with Gasteiger partial charge in [-0.15, -0.1) is 0 Å². The van der Waals surface area contributed by atoms with Crippen LogP contribution in [0.25, 0.3) is 0 Å². The summed E-state index contributed by atoms with van der Waals surface area (Å²) >= 11 is 6.25. The number of anilines is 1. The van der Waals surface area contributed by atoms with Crippen LogP contribution in [0.15, 0.2) is 60.8 Å². The Morgan fingerprint density at radius 2 is 2.03 bits per heavy atom. The number of benzene rings is 2. The van der Waals surface area contributed by atoms with Gasteiger partial charge < -0.3 is 24.2 Å². The molecule has 3 atom stereocenters. The predicted molar refractivity (Wildman–Crippen MR) is 145 cm³/mol. The number of hydrogen-bond acceptors (Lipinski definition) is 7. The van der Waals surface area contributed by atoms with E-state index in [1.165, 1.54) is 0 Å². The van der Waals surface area contributed by atoms with Crippen molar-refractivity contribution in [1.82, 2.24) is 4.98 Å². The average Bonchev–Trinajstić information content (AvgIpc) is 3.42. The lowest BCUT2D eigenvalue weighted by molar-refractivity contribution is -0.161. The van der Waals surface area contributed by atoms with E-state index in [-0.39, 0.29) is 12.4 Å². The van der Waals surface area contributed by atoms with Crippen molar-refractivity contribution in [2.75, 3.05) is 31.2 Å². The molecule has 38 heavy (non-hydrogen) atoms. The van der Waals surface area contributed by atoms with Crippen LogP contribution in [0.4, 0.5) is 5.69 Å². The molecule has 5 rings (SSSR count). The first kappa shape index (κ1) is 26.5. The zero-order chi connectivity index (χ0) is 26.3. The second kappa shape index (κ2) is 12.6. The van der Waals surface area contributed by atoms with Crippen LogP contribution in [0.2, 0.25) is 5.02 Å². The van der Waals surface area contributed by atoms with Gasteiger partial charge in [0, 0.05) is 31.5 Å². The van der Waals surface area contributed by atoms with Crippen molar-refractivity contribution >= 4 is 17.3 Å². The van der Waals surface area contributed by atoms with Crippen molar-refractivity contribution < 1.29 is 19.3 Å². The molecule has 7 nitrogen and oxygen atoms in total. The van der Waals surface area contributed by atoms with E-state index in [2.05, 4.69) is 22.0 Å². The third kappa shape index (κ3) is 6.46. The van der Waals surface area contributed by atoms with Gasteiger partial charge in [0.2, 0.25) is 5.88 Å². The van der Waals surface area contributed by atoms with Crippen molar-refractivity contribution in [3.8, 4) is 11.9 Å². The topological polar surface area (TPSA) is 87.8 Å². The maximum atomic E-state index is 11.1. The molecule has 0 spiro atoms. The third-order valence-electron chi connectivity index (χ3n) is 7.05. The summed E-state index contributed by atoms with van der Waals surface area (Å²) in [6, 6.07) is 18.9. The fraction of sp³-hybridized carbons (Fsp3) is 0.400. The van der Waals surface area contributed by atoms with E-state index >= 15 is 0 Å². The van der Waals surface area contributed by atoms with E-state index in [1.54, 1.807) is 36.5 Å². The number of rotatable bonds is 9. The Morgan fingerprint density at radius 1 is 1.13 bits per heavy atom. The van der Waals surface area contributed by atoms with Gasteiger partial charge in [-0.05, 0) is 72.7 Å². The molecule has 1 aromatic heterocycles. The van der Waals surface area contributed by atoms with Crippen LogP contribution >= 0.6 is 11.6 Å². The maximum absolute atomic E-state index is 11.1. The van der Waals surface area contributed by atoms with Gasteiger partial charge in [-0.1, -0.05) is 35.9 Å². The number of aromatic nitrogens is 1. The molecule has 0 amide bonds. The number of aliphatic hydroxyl groups excluding tert-OH is 1.